The normalized spacial score (nSPS) is 11.0. The highest BCUT2D eigenvalue weighted by molar-refractivity contribution is 9.10. The molecule has 0 aliphatic carbocycles. The molecule has 3 rings (SSSR count). The summed E-state index contributed by atoms with van der Waals surface area (Å²) >= 11 is 3.31. The summed E-state index contributed by atoms with van der Waals surface area (Å²) in [6.45, 7) is 0. The van der Waals surface area contributed by atoms with Crippen LogP contribution in [0.1, 0.15) is 0 Å². The molecule has 0 saturated carbocycles. The fourth-order valence-electron chi connectivity index (χ4n) is 1.71. The lowest BCUT2D eigenvalue weighted by molar-refractivity contribution is 0.630. The zero-order chi connectivity index (χ0) is 12.7. The molecule has 3 N–H and O–H groups in total. The van der Waals surface area contributed by atoms with Gasteiger partial charge in [0.15, 0.2) is 5.65 Å². The predicted molar refractivity (Wildman–Crippen MR) is 71.4 cm³/mol. The van der Waals surface area contributed by atoms with Gasteiger partial charge in [-0.2, -0.15) is 0 Å². The van der Waals surface area contributed by atoms with Crippen molar-refractivity contribution < 1.29 is 4.39 Å². The second-order valence-corrected chi connectivity index (χ2v) is 4.73. The Balaban J connectivity index is 2.22. The summed E-state index contributed by atoms with van der Waals surface area (Å²) in [5.74, 6) is 0.474. The van der Waals surface area contributed by atoms with Gasteiger partial charge in [-0.15, -0.1) is 0 Å². The van der Waals surface area contributed by atoms with Crippen molar-refractivity contribution in [2.45, 2.75) is 0 Å². The van der Waals surface area contributed by atoms with Crippen LogP contribution in [0.15, 0.2) is 34.8 Å². The quantitative estimate of drug-likeness (QED) is 0.726. The first-order valence-corrected chi connectivity index (χ1v) is 6.00. The average Bonchev–Trinajstić information content (AvgIpc) is 2.74. The van der Waals surface area contributed by atoms with Gasteiger partial charge in [0.05, 0.1) is 11.1 Å². The molecule has 90 valence electrons. The Morgan fingerprint density at radius 3 is 2.83 bits per heavy atom. The summed E-state index contributed by atoms with van der Waals surface area (Å²) in [7, 11) is 0. The molecule has 4 nitrogen and oxygen atoms in total. The highest BCUT2D eigenvalue weighted by Gasteiger charge is 2.11. The van der Waals surface area contributed by atoms with Gasteiger partial charge in [0, 0.05) is 4.47 Å². The van der Waals surface area contributed by atoms with Gasteiger partial charge in [0.1, 0.15) is 17.5 Å². The van der Waals surface area contributed by atoms with Gasteiger partial charge in [-0.05, 0) is 30.3 Å². The number of pyridine rings is 1. The minimum atomic E-state index is -0.342. The molecular weight excluding hydrogens is 299 g/mol. The minimum Gasteiger partial charge on any atom is -0.384 e. The van der Waals surface area contributed by atoms with Crippen LogP contribution in [0, 0.1) is 5.82 Å². The molecule has 0 unspecified atom stereocenters. The van der Waals surface area contributed by atoms with Crippen molar-refractivity contribution >= 4 is 32.9 Å². The number of hydrogen-bond donors (Lipinski definition) is 2. The number of benzene rings is 1. The molecule has 0 spiro atoms. The second kappa shape index (κ2) is 4.06. The molecule has 2 heterocycles. The van der Waals surface area contributed by atoms with Crippen LogP contribution in [0.25, 0.3) is 22.6 Å². The maximum Gasteiger partial charge on any atom is 0.180 e. The predicted octanol–water partition coefficient (Wildman–Crippen LogP) is 3.11. The van der Waals surface area contributed by atoms with E-state index in [9.17, 15) is 4.39 Å². The Morgan fingerprint density at radius 2 is 2.00 bits per heavy atom. The number of fused-ring (bicyclic) bond motifs is 1. The van der Waals surface area contributed by atoms with Gasteiger partial charge < -0.3 is 10.7 Å². The highest BCUT2D eigenvalue weighted by atomic mass is 79.9. The monoisotopic (exact) mass is 306 g/mol. The number of aromatic amines is 1. The van der Waals surface area contributed by atoms with Crippen LogP contribution in [0.5, 0.6) is 0 Å². The van der Waals surface area contributed by atoms with Crippen molar-refractivity contribution in [2.75, 3.05) is 5.73 Å². The van der Waals surface area contributed by atoms with E-state index in [1.54, 1.807) is 24.3 Å². The second-order valence-electron chi connectivity index (χ2n) is 3.82. The van der Waals surface area contributed by atoms with E-state index in [1.807, 2.05) is 0 Å². The number of H-pyrrole nitrogens is 1. The third kappa shape index (κ3) is 1.84. The number of hydrogen-bond acceptors (Lipinski definition) is 3. The van der Waals surface area contributed by atoms with Crippen LogP contribution in [-0.2, 0) is 0 Å². The minimum absolute atomic E-state index is 0.342. The van der Waals surface area contributed by atoms with Gasteiger partial charge in [0.25, 0.3) is 0 Å². The molecule has 0 bridgehead atoms. The van der Waals surface area contributed by atoms with Crippen molar-refractivity contribution in [1.82, 2.24) is 15.0 Å². The molecule has 0 radical (unpaired) electrons. The third-order valence-electron chi connectivity index (χ3n) is 2.55. The summed E-state index contributed by atoms with van der Waals surface area (Å²) < 4.78 is 14.5. The number of anilines is 1. The van der Waals surface area contributed by atoms with Crippen molar-refractivity contribution in [3.8, 4) is 11.4 Å². The smallest absolute Gasteiger partial charge is 0.180 e. The molecule has 0 saturated heterocycles. The fraction of sp³-hybridized carbons (Fsp3) is 0. The molecule has 18 heavy (non-hydrogen) atoms. The lowest BCUT2D eigenvalue weighted by Crippen LogP contribution is -1.88. The van der Waals surface area contributed by atoms with Crippen LogP contribution in [0.3, 0.4) is 0 Å². The van der Waals surface area contributed by atoms with Gasteiger partial charge in [-0.25, -0.2) is 14.4 Å². The van der Waals surface area contributed by atoms with E-state index >= 15 is 0 Å². The van der Waals surface area contributed by atoms with E-state index in [0.717, 1.165) is 9.99 Å². The van der Waals surface area contributed by atoms with E-state index in [0.29, 0.717) is 22.9 Å². The van der Waals surface area contributed by atoms with Gasteiger partial charge in [0.2, 0.25) is 0 Å². The Kier molecular flexibility index (Phi) is 2.52. The van der Waals surface area contributed by atoms with Crippen LogP contribution in [-0.4, -0.2) is 15.0 Å². The van der Waals surface area contributed by atoms with Gasteiger partial charge in [-0.3, -0.25) is 0 Å². The van der Waals surface area contributed by atoms with Gasteiger partial charge in [-0.1, -0.05) is 15.9 Å². The maximum atomic E-state index is 13.7. The number of rotatable bonds is 1. The van der Waals surface area contributed by atoms with E-state index in [4.69, 9.17) is 5.73 Å². The molecule has 0 aliphatic rings. The average molecular weight is 307 g/mol. The van der Waals surface area contributed by atoms with E-state index < -0.39 is 0 Å². The number of aromatic nitrogens is 3. The number of imidazole rings is 1. The van der Waals surface area contributed by atoms with Crippen LogP contribution >= 0.6 is 15.9 Å². The van der Waals surface area contributed by atoms with Crippen molar-refractivity contribution in [2.24, 2.45) is 0 Å². The number of nitrogens with zero attached hydrogens (tertiary/aromatic N) is 2. The Morgan fingerprint density at radius 1 is 1.17 bits per heavy atom. The number of halogens is 2. The first-order valence-electron chi connectivity index (χ1n) is 5.21. The number of nitrogens with two attached hydrogens (primary N) is 1. The van der Waals surface area contributed by atoms with Crippen LogP contribution in [0.2, 0.25) is 0 Å². The molecule has 0 amide bonds. The van der Waals surface area contributed by atoms with Crippen molar-refractivity contribution in [3.63, 3.8) is 0 Å². The standard InChI is InChI=1S/C12H8BrFN4/c13-6-1-2-8(14)7(5-6)11-16-9-3-4-10(15)17-12(9)18-11/h1-5H,(H3,15,16,17,18). The van der Waals surface area contributed by atoms with Crippen molar-refractivity contribution in [3.05, 3.63) is 40.6 Å². The lowest BCUT2D eigenvalue weighted by Gasteiger charge is -1.99. The zero-order valence-electron chi connectivity index (χ0n) is 9.11. The highest BCUT2D eigenvalue weighted by Crippen LogP contribution is 2.25. The van der Waals surface area contributed by atoms with Crippen LogP contribution < -0.4 is 5.73 Å². The van der Waals surface area contributed by atoms with Crippen LogP contribution in [0.4, 0.5) is 10.2 Å². The largest absolute Gasteiger partial charge is 0.384 e. The molecule has 0 aliphatic heterocycles. The van der Waals surface area contributed by atoms with Crippen molar-refractivity contribution in [1.29, 1.82) is 0 Å². The molecule has 3 aromatic rings. The summed E-state index contributed by atoms with van der Waals surface area (Å²) in [6, 6.07) is 8.12. The van der Waals surface area contributed by atoms with Gasteiger partial charge >= 0.3 is 0 Å². The Hall–Kier alpha value is -1.95. The molecule has 1 aromatic carbocycles. The van der Waals surface area contributed by atoms with E-state index in [2.05, 4.69) is 30.9 Å². The summed E-state index contributed by atoms with van der Waals surface area (Å²) in [4.78, 5) is 11.3. The first-order chi connectivity index (χ1) is 8.63. The first kappa shape index (κ1) is 11.2. The molecular formula is C12H8BrFN4. The molecule has 0 fully saturated rings. The summed E-state index contributed by atoms with van der Waals surface area (Å²) in [5.41, 5.74) is 7.17. The third-order valence-corrected chi connectivity index (χ3v) is 3.04. The lowest BCUT2D eigenvalue weighted by atomic mass is 10.2. The molecule has 0 atom stereocenters. The SMILES string of the molecule is Nc1ccc2[nH]c(-c3cc(Br)ccc3F)nc2n1. The maximum absolute atomic E-state index is 13.7. The summed E-state index contributed by atoms with van der Waals surface area (Å²) in [5, 5.41) is 0. The Labute approximate surface area is 110 Å². The number of nitrogen functional groups attached to an aromatic ring is 1. The Bertz CT molecular complexity index is 738. The molecule has 2 aromatic heterocycles. The fourth-order valence-corrected chi connectivity index (χ4v) is 2.07. The number of nitrogens with one attached hydrogen (secondary N) is 1. The topological polar surface area (TPSA) is 67.6 Å². The summed E-state index contributed by atoms with van der Waals surface area (Å²) in [6.07, 6.45) is 0. The molecule has 6 heteroatoms. The zero-order valence-corrected chi connectivity index (χ0v) is 10.7. The van der Waals surface area contributed by atoms with E-state index in [-0.39, 0.29) is 5.82 Å². The van der Waals surface area contributed by atoms with E-state index in [1.165, 1.54) is 6.07 Å².